The lowest BCUT2D eigenvalue weighted by molar-refractivity contribution is 0.436. The maximum Gasteiger partial charge on any atom is 0.0948 e. The van der Waals surface area contributed by atoms with E-state index in [2.05, 4.69) is 38.2 Å². The summed E-state index contributed by atoms with van der Waals surface area (Å²) in [5.74, 6) is 0.675. The van der Waals surface area contributed by atoms with Crippen LogP contribution in [-0.2, 0) is 13.0 Å². The molecule has 3 rings (SSSR count). The number of nitrogens with one attached hydrogen (secondary N) is 2. The second-order valence-electron chi connectivity index (χ2n) is 5.66. The summed E-state index contributed by atoms with van der Waals surface area (Å²) in [6.07, 6.45) is 10.6. The number of hydrogen-bond acceptors (Lipinski definition) is 3. The zero-order valence-corrected chi connectivity index (χ0v) is 12.1. The fourth-order valence-corrected chi connectivity index (χ4v) is 3.04. The third-order valence-electron chi connectivity index (χ3n) is 4.28. The Morgan fingerprint density at radius 2 is 2.15 bits per heavy atom. The van der Waals surface area contributed by atoms with E-state index in [0.29, 0.717) is 5.92 Å². The van der Waals surface area contributed by atoms with E-state index < -0.39 is 0 Å². The summed E-state index contributed by atoms with van der Waals surface area (Å²) in [5.41, 5.74) is 3.93. The largest absolute Gasteiger partial charge is 0.334 e. The fraction of sp³-hybridized carbons (Fsp3) is 0.600. The number of hydrogen-bond donors (Lipinski definition) is 2. The molecular weight excluding hydrogens is 250 g/mol. The number of aryl methyl sites for hydroxylation is 3. The third-order valence-corrected chi connectivity index (χ3v) is 4.28. The summed E-state index contributed by atoms with van der Waals surface area (Å²) in [6, 6.07) is 0. The minimum Gasteiger partial charge on any atom is -0.334 e. The van der Waals surface area contributed by atoms with E-state index in [1.807, 2.05) is 12.5 Å². The Kier molecular flexibility index (Phi) is 4.16. The van der Waals surface area contributed by atoms with Crippen LogP contribution in [0.4, 0.5) is 0 Å². The highest BCUT2D eigenvalue weighted by molar-refractivity contribution is 5.14. The second kappa shape index (κ2) is 6.22. The molecule has 0 spiro atoms. The average molecular weight is 273 g/mol. The van der Waals surface area contributed by atoms with Crippen LogP contribution in [0.25, 0.3) is 0 Å². The Morgan fingerprint density at radius 1 is 1.30 bits per heavy atom. The van der Waals surface area contributed by atoms with Crippen molar-refractivity contribution in [3.63, 3.8) is 0 Å². The van der Waals surface area contributed by atoms with Crippen molar-refractivity contribution in [2.24, 2.45) is 0 Å². The monoisotopic (exact) mass is 273 g/mol. The maximum atomic E-state index is 4.35. The van der Waals surface area contributed by atoms with E-state index in [1.54, 1.807) is 0 Å². The van der Waals surface area contributed by atoms with Gasteiger partial charge in [-0.25, -0.2) is 4.98 Å². The molecule has 2 aromatic rings. The van der Waals surface area contributed by atoms with Crippen LogP contribution in [0.5, 0.6) is 0 Å². The van der Waals surface area contributed by atoms with Crippen molar-refractivity contribution in [3.8, 4) is 0 Å². The lowest BCUT2D eigenvalue weighted by Crippen LogP contribution is -2.27. The minimum atomic E-state index is 0.675. The second-order valence-corrected chi connectivity index (χ2v) is 5.66. The molecule has 1 fully saturated rings. The number of aromatic amines is 1. The molecule has 2 aromatic heterocycles. The molecular formula is C15H23N5. The maximum absolute atomic E-state index is 4.35. The quantitative estimate of drug-likeness (QED) is 0.876. The summed E-state index contributed by atoms with van der Waals surface area (Å²) in [6.45, 7) is 5.39. The van der Waals surface area contributed by atoms with Crippen LogP contribution in [0.1, 0.15) is 42.1 Å². The van der Waals surface area contributed by atoms with Gasteiger partial charge < -0.3 is 9.88 Å². The molecule has 0 atom stereocenters. The molecule has 0 bridgehead atoms. The summed E-state index contributed by atoms with van der Waals surface area (Å²) >= 11 is 0. The number of nitrogens with zero attached hydrogens (tertiary/aromatic N) is 3. The van der Waals surface area contributed by atoms with Crippen LogP contribution >= 0.6 is 0 Å². The van der Waals surface area contributed by atoms with Gasteiger partial charge in [-0.05, 0) is 51.3 Å². The van der Waals surface area contributed by atoms with Crippen LogP contribution in [0.15, 0.2) is 18.7 Å². The summed E-state index contributed by atoms with van der Waals surface area (Å²) in [7, 11) is 0. The zero-order chi connectivity index (χ0) is 13.8. The highest BCUT2D eigenvalue weighted by Gasteiger charge is 2.18. The van der Waals surface area contributed by atoms with Gasteiger partial charge in [-0.15, -0.1) is 0 Å². The Labute approximate surface area is 119 Å². The van der Waals surface area contributed by atoms with Gasteiger partial charge in [0.2, 0.25) is 0 Å². The summed E-state index contributed by atoms with van der Waals surface area (Å²) in [4.78, 5) is 4.35. The first kappa shape index (κ1) is 13.4. The van der Waals surface area contributed by atoms with Crippen molar-refractivity contribution in [2.45, 2.75) is 45.1 Å². The zero-order valence-electron chi connectivity index (χ0n) is 12.1. The van der Waals surface area contributed by atoms with Crippen LogP contribution in [0.2, 0.25) is 0 Å². The van der Waals surface area contributed by atoms with E-state index in [-0.39, 0.29) is 0 Å². The topological polar surface area (TPSA) is 58.5 Å². The molecule has 2 N–H and O–H groups in total. The molecule has 1 aliphatic rings. The molecule has 5 nitrogen and oxygen atoms in total. The predicted octanol–water partition coefficient (Wildman–Crippen LogP) is 2.01. The van der Waals surface area contributed by atoms with Crippen LogP contribution in [0, 0.1) is 6.92 Å². The van der Waals surface area contributed by atoms with Crippen molar-refractivity contribution >= 4 is 0 Å². The van der Waals surface area contributed by atoms with E-state index in [9.17, 15) is 0 Å². The van der Waals surface area contributed by atoms with Crippen molar-refractivity contribution in [2.75, 3.05) is 13.1 Å². The van der Waals surface area contributed by atoms with Gasteiger partial charge in [-0.1, -0.05) is 0 Å². The van der Waals surface area contributed by atoms with Crippen LogP contribution in [-0.4, -0.2) is 32.8 Å². The van der Waals surface area contributed by atoms with Crippen molar-refractivity contribution in [1.29, 1.82) is 0 Å². The molecule has 0 saturated carbocycles. The third kappa shape index (κ3) is 2.93. The van der Waals surface area contributed by atoms with Gasteiger partial charge in [0, 0.05) is 30.0 Å². The molecule has 108 valence electrons. The number of H-pyrrole nitrogens is 1. The van der Waals surface area contributed by atoms with Crippen LogP contribution in [0.3, 0.4) is 0 Å². The van der Waals surface area contributed by atoms with E-state index in [0.717, 1.165) is 32.5 Å². The normalized spacial score (nSPS) is 16.6. The van der Waals surface area contributed by atoms with Crippen molar-refractivity contribution in [3.05, 3.63) is 35.7 Å². The standard InChI is InChI=1S/C15H23N5/c1-12-14(9-18-19-12)3-2-8-20-11-17-10-15(20)13-4-6-16-7-5-13/h9-11,13,16H,2-8H2,1H3,(H,18,19). The average Bonchev–Trinajstić information content (AvgIpc) is 3.10. The molecule has 1 aliphatic heterocycles. The highest BCUT2D eigenvalue weighted by atomic mass is 15.1. The van der Waals surface area contributed by atoms with E-state index in [1.165, 1.54) is 29.8 Å². The first-order valence-corrected chi connectivity index (χ1v) is 7.54. The Balaban J connectivity index is 1.58. The van der Waals surface area contributed by atoms with Gasteiger partial charge in [0.15, 0.2) is 0 Å². The molecule has 20 heavy (non-hydrogen) atoms. The molecule has 0 radical (unpaired) electrons. The predicted molar refractivity (Wildman–Crippen MR) is 78.7 cm³/mol. The number of imidazole rings is 1. The first-order chi connectivity index (χ1) is 9.84. The van der Waals surface area contributed by atoms with Gasteiger partial charge in [0.05, 0.1) is 12.5 Å². The lowest BCUT2D eigenvalue weighted by atomic mass is 9.95. The fourth-order valence-electron chi connectivity index (χ4n) is 3.04. The van der Waals surface area contributed by atoms with Crippen LogP contribution < -0.4 is 5.32 Å². The minimum absolute atomic E-state index is 0.675. The molecule has 0 aromatic carbocycles. The van der Waals surface area contributed by atoms with Gasteiger partial charge in [0.25, 0.3) is 0 Å². The van der Waals surface area contributed by atoms with Gasteiger partial charge in [-0.2, -0.15) is 5.10 Å². The summed E-state index contributed by atoms with van der Waals surface area (Å²) < 4.78 is 2.34. The molecule has 0 aliphatic carbocycles. The number of piperidine rings is 1. The SMILES string of the molecule is Cc1[nH]ncc1CCCn1cncc1C1CCNCC1. The Hall–Kier alpha value is -1.62. The molecule has 1 saturated heterocycles. The molecule has 3 heterocycles. The first-order valence-electron chi connectivity index (χ1n) is 7.54. The van der Waals surface area contributed by atoms with Gasteiger partial charge >= 0.3 is 0 Å². The highest BCUT2D eigenvalue weighted by Crippen LogP contribution is 2.25. The molecule has 0 unspecified atom stereocenters. The van der Waals surface area contributed by atoms with E-state index >= 15 is 0 Å². The number of aromatic nitrogens is 4. The van der Waals surface area contributed by atoms with Crippen molar-refractivity contribution in [1.82, 2.24) is 25.1 Å². The smallest absolute Gasteiger partial charge is 0.0948 e. The molecule has 0 amide bonds. The summed E-state index contributed by atoms with van der Waals surface area (Å²) in [5, 5.41) is 10.5. The Bertz CT molecular complexity index is 536. The van der Waals surface area contributed by atoms with E-state index in [4.69, 9.17) is 0 Å². The van der Waals surface area contributed by atoms with Gasteiger partial charge in [-0.3, -0.25) is 5.10 Å². The van der Waals surface area contributed by atoms with Gasteiger partial charge in [0.1, 0.15) is 0 Å². The number of rotatable bonds is 5. The Morgan fingerprint density at radius 3 is 2.90 bits per heavy atom. The molecule has 5 heteroatoms. The van der Waals surface area contributed by atoms with Crippen molar-refractivity contribution < 1.29 is 0 Å². The lowest BCUT2D eigenvalue weighted by Gasteiger charge is -2.23.